The van der Waals surface area contributed by atoms with Gasteiger partial charge in [0.05, 0.1) is 16.1 Å². The van der Waals surface area contributed by atoms with Crippen molar-refractivity contribution in [3.05, 3.63) is 33.8 Å². The highest BCUT2D eigenvalue weighted by Gasteiger charge is 2.11. The van der Waals surface area contributed by atoms with E-state index in [1.807, 2.05) is 20.2 Å². The molecule has 0 bridgehead atoms. The van der Waals surface area contributed by atoms with Crippen molar-refractivity contribution in [1.29, 1.82) is 5.26 Å². The maximum absolute atomic E-state index is 9.10. The van der Waals surface area contributed by atoms with Crippen LogP contribution in [0.15, 0.2) is 18.2 Å². The van der Waals surface area contributed by atoms with Crippen LogP contribution >= 0.6 is 23.2 Å². The third-order valence-electron chi connectivity index (χ3n) is 2.31. The lowest BCUT2D eigenvalue weighted by Gasteiger charge is -2.15. The molecular formula is C12H15Cl2N3. The molecule has 0 radical (unpaired) electrons. The molecule has 0 spiro atoms. The highest BCUT2D eigenvalue weighted by molar-refractivity contribution is 6.42. The Labute approximate surface area is 112 Å². The third kappa shape index (κ3) is 4.53. The molecular weight excluding hydrogens is 257 g/mol. The third-order valence-corrected chi connectivity index (χ3v) is 3.05. The van der Waals surface area contributed by atoms with E-state index in [1.165, 1.54) is 0 Å². The van der Waals surface area contributed by atoms with Crippen LogP contribution in [0.4, 0.5) is 0 Å². The number of nitriles is 1. The van der Waals surface area contributed by atoms with E-state index in [4.69, 9.17) is 28.5 Å². The number of likely N-dealkylation sites (N-methyl/N-ethyl adjacent to an activating group) is 1. The number of hydrogen-bond acceptors (Lipinski definition) is 3. The topological polar surface area (TPSA) is 39.1 Å². The predicted octanol–water partition coefficient (Wildman–Crippen LogP) is 2.71. The van der Waals surface area contributed by atoms with E-state index in [-0.39, 0.29) is 6.04 Å². The molecule has 1 atom stereocenters. The van der Waals surface area contributed by atoms with Gasteiger partial charge < -0.3 is 4.90 Å². The molecule has 0 aliphatic carbocycles. The minimum Gasteiger partial charge on any atom is -0.308 e. The fourth-order valence-corrected chi connectivity index (χ4v) is 1.67. The first kappa shape index (κ1) is 14.3. The maximum Gasteiger partial charge on any atom is 0.121 e. The Morgan fingerprint density at radius 3 is 2.59 bits per heavy atom. The zero-order valence-electron chi connectivity index (χ0n) is 9.87. The second-order valence-electron chi connectivity index (χ2n) is 3.99. The fraction of sp³-hybridized carbons (Fsp3) is 0.417. The van der Waals surface area contributed by atoms with Gasteiger partial charge in [0.15, 0.2) is 0 Å². The summed E-state index contributed by atoms with van der Waals surface area (Å²) in [4.78, 5) is 2.05. The monoisotopic (exact) mass is 271 g/mol. The van der Waals surface area contributed by atoms with Gasteiger partial charge in [0.25, 0.3) is 0 Å². The maximum atomic E-state index is 9.10. The van der Waals surface area contributed by atoms with Crippen molar-refractivity contribution in [1.82, 2.24) is 10.2 Å². The molecule has 0 fully saturated rings. The van der Waals surface area contributed by atoms with Crippen LogP contribution in [-0.4, -0.2) is 32.1 Å². The molecule has 0 saturated carbocycles. The number of benzene rings is 1. The summed E-state index contributed by atoms with van der Waals surface area (Å²) in [7, 11) is 3.98. The van der Waals surface area contributed by atoms with Crippen LogP contribution in [0.5, 0.6) is 0 Å². The average molecular weight is 272 g/mol. The van der Waals surface area contributed by atoms with E-state index in [0.29, 0.717) is 10.0 Å². The Bertz CT molecular complexity index is 413. The molecule has 0 aliphatic rings. The Kier molecular flexibility index (Phi) is 5.73. The Hall–Kier alpha value is -0.790. The van der Waals surface area contributed by atoms with Crippen molar-refractivity contribution < 1.29 is 0 Å². The van der Waals surface area contributed by atoms with E-state index < -0.39 is 0 Å². The van der Waals surface area contributed by atoms with Crippen molar-refractivity contribution in [2.75, 3.05) is 27.2 Å². The van der Waals surface area contributed by atoms with E-state index in [2.05, 4.69) is 16.3 Å². The second-order valence-corrected chi connectivity index (χ2v) is 4.81. The Morgan fingerprint density at radius 1 is 1.35 bits per heavy atom. The molecule has 17 heavy (non-hydrogen) atoms. The van der Waals surface area contributed by atoms with Gasteiger partial charge in [0, 0.05) is 13.1 Å². The highest BCUT2D eigenvalue weighted by atomic mass is 35.5. The van der Waals surface area contributed by atoms with Gasteiger partial charge in [0.1, 0.15) is 6.04 Å². The lowest BCUT2D eigenvalue weighted by atomic mass is 10.1. The summed E-state index contributed by atoms with van der Waals surface area (Å²) < 4.78 is 0. The molecule has 92 valence electrons. The standard InChI is InChI=1S/C12H15Cl2N3/c1-17(2)6-5-16-12(8-15)9-3-4-10(13)11(14)7-9/h3-4,7,12,16H,5-6H2,1-2H3/t12-/m0/s1. The number of nitrogens with zero attached hydrogens (tertiary/aromatic N) is 2. The molecule has 0 heterocycles. The lowest BCUT2D eigenvalue weighted by molar-refractivity contribution is 0.395. The number of rotatable bonds is 5. The van der Waals surface area contributed by atoms with Crippen LogP contribution < -0.4 is 5.32 Å². The van der Waals surface area contributed by atoms with E-state index in [9.17, 15) is 0 Å². The van der Waals surface area contributed by atoms with Crippen molar-refractivity contribution in [3.63, 3.8) is 0 Å². The molecule has 5 heteroatoms. The first-order valence-corrected chi connectivity index (χ1v) is 6.03. The molecule has 0 saturated heterocycles. The lowest BCUT2D eigenvalue weighted by Crippen LogP contribution is -2.29. The van der Waals surface area contributed by atoms with Gasteiger partial charge in [-0.15, -0.1) is 0 Å². The molecule has 1 aromatic carbocycles. The smallest absolute Gasteiger partial charge is 0.121 e. The fourth-order valence-electron chi connectivity index (χ4n) is 1.36. The van der Waals surface area contributed by atoms with E-state index >= 15 is 0 Å². The molecule has 1 aromatic rings. The van der Waals surface area contributed by atoms with Crippen LogP contribution in [0.1, 0.15) is 11.6 Å². The molecule has 3 nitrogen and oxygen atoms in total. The van der Waals surface area contributed by atoms with Gasteiger partial charge in [-0.3, -0.25) is 5.32 Å². The van der Waals surface area contributed by atoms with Gasteiger partial charge in [-0.05, 0) is 31.8 Å². The minimum absolute atomic E-state index is 0.357. The average Bonchev–Trinajstić information content (AvgIpc) is 2.28. The summed E-state index contributed by atoms with van der Waals surface area (Å²) >= 11 is 11.8. The zero-order chi connectivity index (χ0) is 12.8. The van der Waals surface area contributed by atoms with Crippen LogP contribution in [0.25, 0.3) is 0 Å². The zero-order valence-corrected chi connectivity index (χ0v) is 11.4. The normalized spacial score (nSPS) is 12.5. The molecule has 0 aromatic heterocycles. The summed E-state index contributed by atoms with van der Waals surface area (Å²) in [6.07, 6.45) is 0. The van der Waals surface area contributed by atoms with E-state index in [0.717, 1.165) is 18.7 Å². The molecule has 1 N–H and O–H groups in total. The molecule has 1 rings (SSSR count). The van der Waals surface area contributed by atoms with Crippen LogP contribution in [-0.2, 0) is 0 Å². The first-order valence-electron chi connectivity index (χ1n) is 5.27. The predicted molar refractivity (Wildman–Crippen MR) is 71.4 cm³/mol. The van der Waals surface area contributed by atoms with Crippen molar-refractivity contribution in [2.45, 2.75) is 6.04 Å². The van der Waals surface area contributed by atoms with Gasteiger partial charge in [-0.1, -0.05) is 29.3 Å². The van der Waals surface area contributed by atoms with Crippen molar-refractivity contribution in [3.8, 4) is 6.07 Å². The van der Waals surface area contributed by atoms with Gasteiger partial charge in [-0.2, -0.15) is 5.26 Å². The highest BCUT2D eigenvalue weighted by Crippen LogP contribution is 2.25. The minimum atomic E-state index is -0.357. The summed E-state index contributed by atoms with van der Waals surface area (Å²) in [6, 6.07) is 7.09. The summed E-state index contributed by atoms with van der Waals surface area (Å²) in [5.74, 6) is 0. The Balaban J connectivity index is 2.67. The number of hydrogen-bond donors (Lipinski definition) is 1. The van der Waals surface area contributed by atoms with Gasteiger partial charge in [-0.25, -0.2) is 0 Å². The molecule has 0 aliphatic heterocycles. The first-order chi connectivity index (χ1) is 8.04. The van der Waals surface area contributed by atoms with Gasteiger partial charge >= 0.3 is 0 Å². The second kappa shape index (κ2) is 6.83. The summed E-state index contributed by atoms with van der Waals surface area (Å²) in [6.45, 7) is 1.62. The van der Waals surface area contributed by atoms with Gasteiger partial charge in [0.2, 0.25) is 0 Å². The quantitative estimate of drug-likeness (QED) is 0.895. The van der Waals surface area contributed by atoms with Crippen LogP contribution in [0, 0.1) is 11.3 Å². The number of nitrogens with one attached hydrogen (secondary N) is 1. The summed E-state index contributed by atoms with van der Waals surface area (Å²) in [5, 5.41) is 13.2. The Morgan fingerprint density at radius 2 is 2.06 bits per heavy atom. The van der Waals surface area contributed by atoms with E-state index in [1.54, 1.807) is 12.1 Å². The van der Waals surface area contributed by atoms with Crippen molar-refractivity contribution in [2.24, 2.45) is 0 Å². The van der Waals surface area contributed by atoms with Crippen LogP contribution in [0.2, 0.25) is 10.0 Å². The SMILES string of the molecule is CN(C)CCN[C@@H](C#N)c1ccc(Cl)c(Cl)c1. The van der Waals surface area contributed by atoms with Crippen molar-refractivity contribution >= 4 is 23.2 Å². The van der Waals surface area contributed by atoms with Crippen LogP contribution in [0.3, 0.4) is 0 Å². The molecule has 0 amide bonds. The number of halogens is 2. The largest absolute Gasteiger partial charge is 0.308 e. The molecule has 0 unspecified atom stereocenters. The summed E-state index contributed by atoms with van der Waals surface area (Å²) in [5.41, 5.74) is 0.834.